The molecule has 1 aliphatic rings. The highest BCUT2D eigenvalue weighted by molar-refractivity contribution is 7.91. The summed E-state index contributed by atoms with van der Waals surface area (Å²) in [5.41, 5.74) is 1.08. The summed E-state index contributed by atoms with van der Waals surface area (Å²) in [7, 11) is -2.20. The number of sulfone groups is 1. The Hall–Kier alpha value is -2.92. The molecule has 3 rings (SSSR count). The first-order chi connectivity index (χ1) is 16.2. The number of benzene rings is 1. The van der Waals surface area contributed by atoms with E-state index in [2.05, 4.69) is 10.6 Å². The van der Waals surface area contributed by atoms with Crippen molar-refractivity contribution in [3.8, 4) is 5.75 Å². The van der Waals surface area contributed by atoms with Gasteiger partial charge >= 0.3 is 6.09 Å². The minimum absolute atomic E-state index is 0.0958. The average molecular weight is 509 g/mol. The molecule has 2 N–H and O–H groups in total. The summed E-state index contributed by atoms with van der Waals surface area (Å²) in [6.45, 7) is 1.75. The van der Waals surface area contributed by atoms with Gasteiger partial charge in [-0.25, -0.2) is 13.2 Å². The lowest BCUT2D eigenvalue weighted by Gasteiger charge is -2.10. The molecule has 0 bridgehead atoms. The van der Waals surface area contributed by atoms with Gasteiger partial charge in [-0.1, -0.05) is 6.42 Å². The smallest absolute Gasteiger partial charge is 0.414 e. The molecule has 184 valence electrons. The molecule has 1 aromatic carbocycles. The molecule has 34 heavy (non-hydrogen) atoms. The Kier molecular flexibility index (Phi) is 8.67. The lowest BCUT2D eigenvalue weighted by molar-refractivity contribution is -0.115. The summed E-state index contributed by atoms with van der Waals surface area (Å²) in [6.07, 6.45) is 3.21. The van der Waals surface area contributed by atoms with E-state index in [1.165, 1.54) is 30.6 Å². The zero-order valence-electron chi connectivity index (χ0n) is 19.1. The molecule has 0 atom stereocenters. The Labute approximate surface area is 202 Å². The maximum absolute atomic E-state index is 12.9. The Morgan fingerprint density at radius 2 is 1.76 bits per heavy atom. The van der Waals surface area contributed by atoms with Crippen molar-refractivity contribution < 1.29 is 32.3 Å². The first-order valence-corrected chi connectivity index (χ1v) is 13.5. The largest absolute Gasteiger partial charge is 0.497 e. The second-order valence-corrected chi connectivity index (χ2v) is 11.0. The average Bonchev–Trinajstić information content (AvgIpc) is 2.98. The molecule has 0 aliphatic heterocycles. The first kappa shape index (κ1) is 25.7. The van der Waals surface area contributed by atoms with Crippen LogP contribution in [0, 0.1) is 0 Å². The molecule has 0 unspecified atom stereocenters. The Balaban J connectivity index is 1.75. The van der Waals surface area contributed by atoms with Gasteiger partial charge in [-0.15, -0.1) is 11.3 Å². The molecule has 0 saturated carbocycles. The zero-order valence-corrected chi connectivity index (χ0v) is 20.8. The van der Waals surface area contributed by atoms with Gasteiger partial charge in [-0.05, 0) is 62.4 Å². The monoisotopic (exact) mass is 508 g/mol. The molecule has 11 heteroatoms. The molecule has 0 saturated heterocycles. The van der Waals surface area contributed by atoms with E-state index in [9.17, 15) is 22.8 Å². The van der Waals surface area contributed by atoms with Crippen LogP contribution >= 0.6 is 11.3 Å². The van der Waals surface area contributed by atoms with E-state index in [0.717, 1.165) is 36.1 Å². The maximum atomic E-state index is 12.9. The minimum atomic E-state index is -3.68. The molecule has 0 spiro atoms. The Morgan fingerprint density at radius 1 is 1.06 bits per heavy atom. The van der Waals surface area contributed by atoms with Crippen LogP contribution in [0.3, 0.4) is 0 Å². The van der Waals surface area contributed by atoms with Crippen LogP contribution in [-0.2, 0) is 32.2 Å². The third-order valence-electron chi connectivity index (χ3n) is 5.41. The number of alkyl carbamates (subject to hydrolysis) is 1. The number of carbonyl (C=O) groups excluding carboxylic acids is 3. The standard InChI is InChI=1S/C23H28N2O7S2/c1-3-32-23(28)25-21(27)20-17-7-5-4-6-8-18(17)33-22(20)24-19(26)13-14-34(29,30)16-11-9-15(31-2)10-12-16/h9-12H,3-8,13-14H2,1-2H3,(H,24,26)(H,25,27,28). The van der Waals surface area contributed by atoms with E-state index in [-0.39, 0.29) is 29.2 Å². The first-order valence-electron chi connectivity index (χ1n) is 11.0. The molecular weight excluding hydrogens is 480 g/mol. The fraction of sp³-hybridized carbons (Fsp3) is 0.435. The van der Waals surface area contributed by atoms with E-state index in [1.54, 1.807) is 19.1 Å². The van der Waals surface area contributed by atoms with Crippen LogP contribution in [0.1, 0.15) is 53.4 Å². The van der Waals surface area contributed by atoms with Crippen LogP contribution < -0.4 is 15.4 Å². The van der Waals surface area contributed by atoms with Crippen molar-refractivity contribution in [3.63, 3.8) is 0 Å². The summed E-state index contributed by atoms with van der Waals surface area (Å²) in [6, 6.07) is 5.95. The van der Waals surface area contributed by atoms with Gasteiger partial charge in [0.2, 0.25) is 5.91 Å². The Morgan fingerprint density at radius 3 is 2.44 bits per heavy atom. The normalized spacial score (nSPS) is 13.4. The highest BCUT2D eigenvalue weighted by atomic mass is 32.2. The molecule has 9 nitrogen and oxygen atoms in total. The summed E-state index contributed by atoms with van der Waals surface area (Å²) in [5.74, 6) is -1.03. The molecule has 3 amide bonds. The predicted molar refractivity (Wildman–Crippen MR) is 128 cm³/mol. The quantitative estimate of drug-likeness (QED) is 0.520. The summed E-state index contributed by atoms with van der Waals surface area (Å²) < 4.78 is 35.1. The molecular formula is C23H28N2O7S2. The number of hydrogen-bond donors (Lipinski definition) is 2. The molecule has 1 heterocycles. The lowest BCUT2D eigenvalue weighted by atomic mass is 10.0. The lowest BCUT2D eigenvalue weighted by Crippen LogP contribution is -2.32. The van der Waals surface area contributed by atoms with Crippen molar-refractivity contribution in [2.75, 3.05) is 24.8 Å². The second-order valence-electron chi connectivity index (χ2n) is 7.74. The van der Waals surface area contributed by atoms with Gasteiger partial charge < -0.3 is 14.8 Å². The number of aryl methyl sites for hydroxylation is 1. The number of nitrogens with one attached hydrogen (secondary N) is 2. The number of carbonyl (C=O) groups is 3. The highest BCUT2D eigenvalue weighted by Gasteiger charge is 2.27. The molecule has 0 fully saturated rings. The van der Waals surface area contributed by atoms with Crippen LogP contribution in [-0.4, -0.2) is 45.8 Å². The number of imide groups is 1. The number of thiophene rings is 1. The van der Waals surface area contributed by atoms with Crippen LogP contribution in [0.2, 0.25) is 0 Å². The molecule has 1 aromatic heterocycles. The van der Waals surface area contributed by atoms with E-state index in [0.29, 0.717) is 17.2 Å². The van der Waals surface area contributed by atoms with Crippen LogP contribution in [0.4, 0.5) is 9.80 Å². The Bertz CT molecular complexity index is 1150. The summed E-state index contributed by atoms with van der Waals surface area (Å²) in [4.78, 5) is 38.4. The number of hydrogen-bond acceptors (Lipinski definition) is 8. The molecule has 0 radical (unpaired) electrons. The van der Waals surface area contributed by atoms with Gasteiger partial charge in [0.1, 0.15) is 10.8 Å². The predicted octanol–water partition coefficient (Wildman–Crippen LogP) is 3.71. The number of anilines is 1. The van der Waals surface area contributed by atoms with Crippen LogP contribution in [0.25, 0.3) is 0 Å². The number of methoxy groups -OCH3 is 1. The van der Waals surface area contributed by atoms with E-state index >= 15 is 0 Å². The zero-order chi connectivity index (χ0) is 24.7. The van der Waals surface area contributed by atoms with E-state index < -0.39 is 27.7 Å². The van der Waals surface area contributed by atoms with Gasteiger partial charge in [-0.3, -0.25) is 14.9 Å². The summed E-state index contributed by atoms with van der Waals surface area (Å²) in [5, 5.41) is 5.22. The van der Waals surface area contributed by atoms with Crippen molar-refractivity contribution in [1.82, 2.24) is 5.32 Å². The molecule has 2 aromatic rings. The third kappa shape index (κ3) is 6.35. The van der Waals surface area contributed by atoms with Gasteiger partial charge in [-0.2, -0.15) is 0 Å². The van der Waals surface area contributed by atoms with Gasteiger partial charge in [0.05, 0.1) is 29.9 Å². The van der Waals surface area contributed by atoms with Crippen molar-refractivity contribution >= 4 is 44.1 Å². The van der Waals surface area contributed by atoms with E-state index in [4.69, 9.17) is 9.47 Å². The van der Waals surface area contributed by atoms with Gasteiger partial charge in [0, 0.05) is 11.3 Å². The number of rotatable bonds is 8. The second kappa shape index (κ2) is 11.5. The van der Waals surface area contributed by atoms with Gasteiger partial charge in [0.25, 0.3) is 5.91 Å². The minimum Gasteiger partial charge on any atom is -0.497 e. The fourth-order valence-corrected chi connectivity index (χ4v) is 6.25. The topological polar surface area (TPSA) is 128 Å². The van der Waals surface area contributed by atoms with Crippen molar-refractivity contribution in [3.05, 3.63) is 40.3 Å². The summed E-state index contributed by atoms with van der Waals surface area (Å²) >= 11 is 1.30. The number of fused-ring (bicyclic) bond motifs is 1. The van der Waals surface area contributed by atoms with Crippen molar-refractivity contribution in [2.24, 2.45) is 0 Å². The van der Waals surface area contributed by atoms with E-state index in [1.807, 2.05) is 0 Å². The number of ether oxygens (including phenoxy) is 2. The van der Waals surface area contributed by atoms with Gasteiger partial charge in [0.15, 0.2) is 9.84 Å². The number of amides is 3. The molecule has 1 aliphatic carbocycles. The van der Waals surface area contributed by atoms with Crippen LogP contribution in [0.5, 0.6) is 5.75 Å². The van der Waals surface area contributed by atoms with Crippen molar-refractivity contribution in [1.29, 1.82) is 0 Å². The fourth-order valence-electron chi connectivity index (χ4n) is 3.71. The maximum Gasteiger partial charge on any atom is 0.414 e. The third-order valence-corrected chi connectivity index (χ3v) is 8.35. The van der Waals surface area contributed by atoms with Crippen LogP contribution in [0.15, 0.2) is 29.2 Å². The SMILES string of the molecule is CCOC(=O)NC(=O)c1c(NC(=O)CCS(=O)(=O)c2ccc(OC)cc2)sc2c1CCCCC2. The highest BCUT2D eigenvalue weighted by Crippen LogP contribution is 2.37. The van der Waals surface area contributed by atoms with Crippen molar-refractivity contribution in [2.45, 2.75) is 50.3 Å².